The van der Waals surface area contributed by atoms with Gasteiger partial charge in [-0.3, -0.25) is 0 Å². The van der Waals surface area contributed by atoms with Crippen LogP contribution in [0.25, 0.3) is 0 Å². The fraction of sp³-hybridized carbons (Fsp3) is 0.125. The van der Waals surface area contributed by atoms with Crippen LogP contribution in [0.5, 0.6) is 0 Å². The highest BCUT2D eigenvalue weighted by molar-refractivity contribution is 6.33. The zero-order valence-electron chi connectivity index (χ0n) is 7.04. The van der Waals surface area contributed by atoms with E-state index in [-0.39, 0.29) is 0 Å². The lowest BCUT2D eigenvalue weighted by atomic mass is 10.1. The zero-order chi connectivity index (χ0) is 9.97. The number of aromatic nitrogens is 4. The Morgan fingerprint density at radius 1 is 1.29 bits per heavy atom. The van der Waals surface area contributed by atoms with Crippen LogP contribution in [0.2, 0.25) is 10.0 Å². The largest absolute Gasteiger partial charge is 0.178 e. The van der Waals surface area contributed by atoms with Gasteiger partial charge in [0.2, 0.25) is 0 Å². The monoisotopic (exact) mass is 228 g/mol. The lowest BCUT2D eigenvalue weighted by Gasteiger charge is -2.00. The first-order chi connectivity index (χ1) is 6.75. The molecular weight excluding hydrogens is 223 g/mol. The van der Waals surface area contributed by atoms with Gasteiger partial charge < -0.3 is 0 Å². The highest BCUT2D eigenvalue weighted by Crippen LogP contribution is 2.21. The van der Waals surface area contributed by atoms with Crippen LogP contribution in [0, 0.1) is 0 Å². The molecule has 2 aromatic rings. The van der Waals surface area contributed by atoms with Crippen molar-refractivity contribution in [3.63, 3.8) is 0 Å². The third kappa shape index (κ3) is 2.02. The third-order valence-electron chi connectivity index (χ3n) is 1.75. The van der Waals surface area contributed by atoms with E-state index in [1.54, 1.807) is 18.2 Å². The molecule has 14 heavy (non-hydrogen) atoms. The highest BCUT2D eigenvalue weighted by atomic mass is 35.5. The third-order valence-corrected chi connectivity index (χ3v) is 2.35. The lowest BCUT2D eigenvalue weighted by molar-refractivity contribution is 0.881. The first-order valence-corrected chi connectivity index (χ1v) is 4.67. The predicted octanol–water partition coefficient (Wildman–Crippen LogP) is 2.10. The summed E-state index contributed by atoms with van der Waals surface area (Å²) in [6.45, 7) is 0. The van der Waals surface area contributed by atoms with E-state index in [1.807, 2.05) is 0 Å². The molecule has 0 atom stereocenters. The van der Waals surface area contributed by atoms with Crippen LogP contribution in [0.4, 0.5) is 0 Å². The molecule has 1 heterocycles. The van der Waals surface area contributed by atoms with Crippen molar-refractivity contribution in [1.82, 2.24) is 20.6 Å². The quantitative estimate of drug-likeness (QED) is 0.857. The van der Waals surface area contributed by atoms with Gasteiger partial charge in [-0.25, -0.2) is 0 Å². The second-order valence-corrected chi connectivity index (χ2v) is 3.58. The Morgan fingerprint density at radius 3 is 2.86 bits per heavy atom. The Bertz CT molecular complexity index is 427. The van der Waals surface area contributed by atoms with Crippen LogP contribution in [-0.4, -0.2) is 20.6 Å². The maximum absolute atomic E-state index is 5.97. The zero-order valence-corrected chi connectivity index (χ0v) is 8.55. The van der Waals surface area contributed by atoms with Gasteiger partial charge in [0.25, 0.3) is 0 Å². The Morgan fingerprint density at radius 2 is 2.14 bits per heavy atom. The van der Waals surface area contributed by atoms with E-state index in [9.17, 15) is 0 Å². The normalized spacial score (nSPS) is 10.4. The number of aromatic amines is 1. The van der Waals surface area contributed by atoms with Crippen molar-refractivity contribution in [2.75, 3.05) is 0 Å². The molecule has 0 fully saturated rings. The Hall–Kier alpha value is -1.13. The molecule has 0 spiro atoms. The van der Waals surface area contributed by atoms with E-state index in [0.717, 1.165) is 5.56 Å². The molecule has 0 bridgehead atoms. The molecule has 0 aliphatic rings. The molecule has 2 rings (SSSR count). The molecule has 0 unspecified atom stereocenters. The SMILES string of the molecule is Clc1ccc(Cl)c(Cc2nn[nH]n2)c1. The maximum Gasteiger partial charge on any atom is 0.178 e. The molecule has 6 heteroatoms. The first kappa shape index (κ1) is 9.43. The average Bonchev–Trinajstić information content (AvgIpc) is 2.64. The Labute approximate surface area is 90.2 Å². The van der Waals surface area contributed by atoms with E-state index in [0.29, 0.717) is 22.3 Å². The molecule has 0 aliphatic heterocycles. The minimum absolute atomic E-state index is 0.524. The molecule has 72 valence electrons. The summed E-state index contributed by atoms with van der Waals surface area (Å²) in [6.07, 6.45) is 0.524. The van der Waals surface area contributed by atoms with Crippen LogP contribution in [-0.2, 0) is 6.42 Å². The van der Waals surface area contributed by atoms with Crippen LogP contribution >= 0.6 is 23.2 Å². The van der Waals surface area contributed by atoms with E-state index >= 15 is 0 Å². The fourth-order valence-corrected chi connectivity index (χ4v) is 1.49. The number of benzene rings is 1. The first-order valence-electron chi connectivity index (χ1n) is 3.92. The van der Waals surface area contributed by atoms with E-state index in [4.69, 9.17) is 23.2 Å². The Balaban J connectivity index is 2.28. The number of nitrogens with zero attached hydrogens (tertiary/aromatic N) is 3. The summed E-state index contributed by atoms with van der Waals surface area (Å²) in [5.74, 6) is 0.592. The van der Waals surface area contributed by atoms with Gasteiger partial charge in [0.15, 0.2) is 5.82 Å². The number of halogens is 2. The second kappa shape index (κ2) is 3.94. The molecule has 0 aliphatic carbocycles. The maximum atomic E-state index is 5.97. The van der Waals surface area contributed by atoms with Gasteiger partial charge in [-0.05, 0) is 23.8 Å². The standard InChI is InChI=1S/C8H6Cl2N4/c9-6-1-2-7(10)5(3-6)4-8-11-13-14-12-8/h1-3H,4H2,(H,11,12,13,14). The fourth-order valence-electron chi connectivity index (χ4n) is 1.11. The molecule has 0 amide bonds. The number of nitrogens with one attached hydrogen (secondary N) is 1. The van der Waals surface area contributed by atoms with Gasteiger partial charge in [-0.15, -0.1) is 10.2 Å². The van der Waals surface area contributed by atoms with Crippen molar-refractivity contribution in [1.29, 1.82) is 0 Å². The van der Waals surface area contributed by atoms with Crippen molar-refractivity contribution in [2.45, 2.75) is 6.42 Å². The van der Waals surface area contributed by atoms with Crippen LogP contribution in [0.15, 0.2) is 18.2 Å². The molecular formula is C8H6Cl2N4. The molecule has 0 saturated heterocycles. The predicted molar refractivity (Wildman–Crippen MR) is 53.4 cm³/mol. The van der Waals surface area contributed by atoms with Gasteiger partial charge in [-0.2, -0.15) is 5.21 Å². The summed E-state index contributed by atoms with van der Waals surface area (Å²) in [5.41, 5.74) is 0.889. The van der Waals surface area contributed by atoms with E-state index < -0.39 is 0 Å². The van der Waals surface area contributed by atoms with Gasteiger partial charge >= 0.3 is 0 Å². The number of hydrogen-bond donors (Lipinski definition) is 1. The molecule has 4 nitrogen and oxygen atoms in total. The van der Waals surface area contributed by atoms with Crippen LogP contribution < -0.4 is 0 Å². The molecule has 0 saturated carbocycles. The summed E-state index contributed by atoms with van der Waals surface area (Å²) in [6, 6.07) is 5.28. The topological polar surface area (TPSA) is 54.5 Å². The van der Waals surface area contributed by atoms with Crippen molar-refractivity contribution < 1.29 is 0 Å². The summed E-state index contributed by atoms with van der Waals surface area (Å²) >= 11 is 11.8. The second-order valence-electron chi connectivity index (χ2n) is 2.74. The smallest absolute Gasteiger partial charge is 0.177 e. The highest BCUT2D eigenvalue weighted by Gasteiger charge is 2.05. The summed E-state index contributed by atoms with van der Waals surface area (Å²) < 4.78 is 0. The average molecular weight is 229 g/mol. The van der Waals surface area contributed by atoms with E-state index in [1.165, 1.54) is 0 Å². The lowest BCUT2D eigenvalue weighted by Crippen LogP contribution is -1.92. The van der Waals surface area contributed by atoms with Gasteiger partial charge in [-0.1, -0.05) is 28.4 Å². The summed E-state index contributed by atoms with van der Waals surface area (Å²) in [7, 11) is 0. The Kier molecular flexibility index (Phi) is 2.65. The van der Waals surface area contributed by atoms with Crippen molar-refractivity contribution >= 4 is 23.2 Å². The van der Waals surface area contributed by atoms with Gasteiger partial charge in [0, 0.05) is 16.5 Å². The van der Waals surface area contributed by atoms with Crippen molar-refractivity contribution in [3.8, 4) is 0 Å². The number of rotatable bonds is 2. The molecule has 1 aromatic carbocycles. The van der Waals surface area contributed by atoms with Crippen LogP contribution in [0.1, 0.15) is 11.4 Å². The van der Waals surface area contributed by atoms with Crippen molar-refractivity contribution in [3.05, 3.63) is 39.6 Å². The number of hydrogen-bond acceptors (Lipinski definition) is 3. The van der Waals surface area contributed by atoms with Crippen molar-refractivity contribution in [2.24, 2.45) is 0 Å². The summed E-state index contributed by atoms with van der Waals surface area (Å²) in [5, 5.41) is 14.8. The molecule has 1 aromatic heterocycles. The minimum atomic E-state index is 0.524. The summed E-state index contributed by atoms with van der Waals surface area (Å²) in [4.78, 5) is 0. The number of tetrazole rings is 1. The van der Waals surface area contributed by atoms with Gasteiger partial charge in [0.1, 0.15) is 0 Å². The molecule has 0 radical (unpaired) electrons. The van der Waals surface area contributed by atoms with Gasteiger partial charge in [0.05, 0.1) is 0 Å². The van der Waals surface area contributed by atoms with Crippen LogP contribution in [0.3, 0.4) is 0 Å². The van der Waals surface area contributed by atoms with E-state index in [2.05, 4.69) is 20.6 Å². The minimum Gasteiger partial charge on any atom is -0.177 e. The molecule has 1 N–H and O–H groups in total. The number of H-pyrrole nitrogens is 1.